The molecule has 4 amide bonds. The van der Waals surface area contributed by atoms with Crippen molar-refractivity contribution in [2.24, 2.45) is 0 Å². The molecule has 1 aromatic rings. The molecule has 1 aliphatic heterocycles. The third-order valence-corrected chi connectivity index (χ3v) is 4.07. The van der Waals surface area contributed by atoms with E-state index in [-0.39, 0.29) is 12.8 Å². The minimum Gasteiger partial charge on any atom is -0.329 e. The van der Waals surface area contributed by atoms with Gasteiger partial charge in [-0.05, 0) is 18.4 Å². The van der Waals surface area contributed by atoms with E-state index in [0.29, 0.717) is 17.0 Å². The topological polar surface area (TPSA) is 92.8 Å². The Morgan fingerprint density at radius 2 is 1.83 bits per heavy atom. The highest BCUT2D eigenvalue weighted by Crippen LogP contribution is 2.33. The zero-order valence-electron chi connectivity index (χ0n) is 13.7. The average molecular weight is 332 g/mol. The number of unbranched alkanes of at least 4 members (excludes halogenated alkanes) is 1. The van der Waals surface area contributed by atoms with E-state index in [1.807, 2.05) is 6.92 Å². The summed E-state index contributed by atoms with van der Waals surface area (Å²) in [6, 6.07) is 7.37. The Labute approximate surface area is 139 Å². The average Bonchev–Trinajstić information content (AvgIpc) is 2.58. The highest BCUT2D eigenvalue weighted by atomic mass is 16.7. The molecular weight excluding hydrogens is 312 g/mol. The van der Waals surface area contributed by atoms with E-state index in [2.05, 4.69) is 5.32 Å². The molecule has 0 bridgehead atoms. The first kappa shape index (κ1) is 17.7. The van der Waals surface area contributed by atoms with Crippen LogP contribution in [-0.4, -0.2) is 28.9 Å². The van der Waals surface area contributed by atoms with Gasteiger partial charge < -0.3 is 4.84 Å². The number of hydroxylamine groups is 2. The number of benzene rings is 1. The molecule has 7 heteroatoms. The summed E-state index contributed by atoms with van der Waals surface area (Å²) >= 11 is 0. The third kappa shape index (κ3) is 3.02. The molecular formula is C17H20N2O5. The van der Waals surface area contributed by atoms with Crippen LogP contribution in [0.4, 0.5) is 4.79 Å². The summed E-state index contributed by atoms with van der Waals surface area (Å²) in [5.74, 6) is -2.25. The van der Waals surface area contributed by atoms with Crippen LogP contribution in [0.5, 0.6) is 0 Å². The van der Waals surface area contributed by atoms with Crippen molar-refractivity contribution in [3.8, 4) is 0 Å². The van der Waals surface area contributed by atoms with E-state index in [1.54, 1.807) is 37.3 Å². The van der Waals surface area contributed by atoms with Gasteiger partial charge in [-0.15, -0.1) is 0 Å². The standard InChI is InChI=1S/C17H20N2O5/c1-3-5-11-13(20)24-19-15(22)17(4-2,14(21)18-16(19)23)12-9-7-6-8-10-12/h6-10H,3-5,11H2,1-2H3,(H,18,21,23)/t17-/m1/s1. The fraction of sp³-hybridized carbons (Fsp3) is 0.412. The Kier molecular flexibility index (Phi) is 5.33. The minimum absolute atomic E-state index is 0.0893. The molecule has 0 saturated carbocycles. The highest BCUT2D eigenvalue weighted by molar-refractivity contribution is 6.22. The van der Waals surface area contributed by atoms with Gasteiger partial charge in [0.05, 0.1) is 0 Å². The summed E-state index contributed by atoms with van der Waals surface area (Å²) in [6.45, 7) is 3.57. The first-order valence-corrected chi connectivity index (χ1v) is 7.93. The molecule has 1 atom stereocenters. The number of carbonyl (C=O) groups is 4. The van der Waals surface area contributed by atoms with Crippen LogP contribution in [0.15, 0.2) is 30.3 Å². The molecule has 1 aliphatic rings. The zero-order valence-corrected chi connectivity index (χ0v) is 13.7. The van der Waals surface area contributed by atoms with Crippen molar-refractivity contribution in [1.29, 1.82) is 0 Å². The van der Waals surface area contributed by atoms with Gasteiger partial charge in [0.2, 0.25) is 5.91 Å². The molecule has 0 spiro atoms. The largest absolute Gasteiger partial charge is 0.365 e. The molecule has 0 unspecified atom stereocenters. The quantitative estimate of drug-likeness (QED) is 0.805. The summed E-state index contributed by atoms with van der Waals surface area (Å²) < 4.78 is 0. The molecule has 128 valence electrons. The Morgan fingerprint density at radius 3 is 2.42 bits per heavy atom. The van der Waals surface area contributed by atoms with Crippen molar-refractivity contribution >= 4 is 23.8 Å². The highest BCUT2D eigenvalue weighted by Gasteiger charge is 2.55. The van der Waals surface area contributed by atoms with Crippen LogP contribution in [0.3, 0.4) is 0 Å². The normalized spacial score (nSPS) is 20.8. The maximum atomic E-state index is 12.9. The lowest BCUT2D eigenvalue weighted by molar-refractivity contribution is -0.193. The van der Waals surface area contributed by atoms with E-state index in [4.69, 9.17) is 4.84 Å². The number of amides is 4. The number of hydrogen-bond donors (Lipinski definition) is 1. The smallest absolute Gasteiger partial charge is 0.329 e. The Hall–Kier alpha value is -2.70. The molecule has 1 N–H and O–H groups in total. The second kappa shape index (κ2) is 7.25. The van der Waals surface area contributed by atoms with Crippen LogP contribution in [0, 0.1) is 0 Å². The maximum absolute atomic E-state index is 12.9. The van der Waals surface area contributed by atoms with Crippen molar-refractivity contribution in [1.82, 2.24) is 10.4 Å². The van der Waals surface area contributed by atoms with Crippen molar-refractivity contribution in [3.63, 3.8) is 0 Å². The van der Waals surface area contributed by atoms with Crippen LogP contribution < -0.4 is 5.32 Å². The molecule has 1 aromatic carbocycles. The van der Waals surface area contributed by atoms with Crippen molar-refractivity contribution in [2.45, 2.75) is 44.9 Å². The van der Waals surface area contributed by atoms with Gasteiger partial charge in [-0.25, -0.2) is 9.59 Å². The third-order valence-electron chi connectivity index (χ3n) is 4.07. The van der Waals surface area contributed by atoms with Gasteiger partial charge in [-0.3, -0.25) is 14.9 Å². The lowest BCUT2D eigenvalue weighted by Crippen LogP contribution is -2.66. The van der Waals surface area contributed by atoms with Crippen molar-refractivity contribution in [2.75, 3.05) is 0 Å². The predicted octanol–water partition coefficient (Wildman–Crippen LogP) is 2.06. The number of carbonyl (C=O) groups excluding carboxylic acids is 4. The van der Waals surface area contributed by atoms with E-state index >= 15 is 0 Å². The number of urea groups is 1. The van der Waals surface area contributed by atoms with Gasteiger partial charge in [0, 0.05) is 6.42 Å². The summed E-state index contributed by atoms with van der Waals surface area (Å²) in [5.41, 5.74) is -1.16. The van der Waals surface area contributed by atoms with Gasteiger partial charge in [-0.2, -0.15) is 0 Å². The lowest BCUT2D eigenvalue weighted by Gasteiger charge is -2.37. The maximum Gasteiger partial charge on any atom is 0.365 e. The zero-order chi connectivity index (χ0) is 17.7. The first-order chi connectivity index (χ1) is 11.5. The Bertz CT molecular complexity index is 658. The second-order valence-electron chi connectivity index (χ2n) is 5.55. The summed E-state index contributed by atoms with van der Waals surface area (Å²) in [6.07, 6.45) is 1.57. The summed E-state index contributed by atoms with van der Waals surface area (Å²) in [7, 11) is 0. The molecule has 1 saturated heterocycles. The molecule has 2 rings (SSSR count). The molecule has 7 nitrogen and oxygen atoms in total. The first-order valence-electron chi connectivity index (χ1n) is 7.93. The number of hydrogen-bond acceptors (Lipinski definition) is 5. The summed E-state index contributed by atoms with van der Waals surface area (Å²) in [5, 5.41) is 2.48. The molecule has 0 radical (unpaired) electrons. The lowest BCUT2D eigenvalue weighted by atomic mass is 9.75. The van der Waals surface area contributed by atoms with E-state index < -0.39 is 29.2 Å². The van der Waals surface area contributed by atoms with Gasteiger partial charge in [-0.1, -0.05) is 55.7 Å². The minimum atomic E-state index is -1.60. The number of barbiturate groups is 1. The van der Waals surface area contributed by atoms with Crippen LogP contribution in [-0.2, 0) is 24.6 Å². The number of rotatable bonds is 6. The van der Waals surface area contributed by atoms with E-state index in [9.17, 15) is 19.2 Å². The van der Waals surface area contributed by atoms with Gasteiger partial charge >= 0.3 is 12.0 Å². The summed E-state index contributed by atoms with van der Waals surface area (Å²) in [4.78, 5) is 54.0. The van der Waals surface area contributed by atoms with Crippen LogP contribution in [0.2, 0.25) is 0 Å². The number of nitrogens with zero attached hydrogens (tertiary/aromatic N) is 1. The van der Waals surface area contributed by atoms with Gasteiger partial charge in [0.25, 0.3) is 5.91 Å². The van der Waals surface area contributed by atoms with Crippen LogP contribution in [0.1, 0.15) is 45.1 Å². The van der Waals surface area contributed by atoms with Crippen LogP contribution in [0.25, 0.3) is 0 Å². The number of nitrogens with one attached hydrogen (secondary N) is 1. The molecule has 1 heterocycles. The van der Waals surface area contributed by atoms with E-state index in [1.165, 1.54) is 0 Å². The van der Waals surface area contributed by atoms with Gasteiger partial charge in [0.1, 0.15) is 0 Å². The van der Waals surface area contributed by atoms with Crippen molar-refractivity contribution < 1.29 is 24.0 Å². The molecule has 0 aliphatic carbocycles. The van der Waals surface area contributed by atoms with E-state index in [0.717, 1.165) is 6.42 Å². The number of imide groups is 2. The molecule has 1 fully saturated rings. The fourth-order valence-corrected chi connectivity index (χ4v) is 2.66. The SMILES string of the molecule is CCCCC(=O)ON1C(=O)NC(=O)[C@@](CC)(c2ccccc2)C1=O. The Balaban J connectivity index is 2.35. The van der Waals surface area contributed by atoms with Crippen molar-refractivity contribution in [3.05, 3.63) is 35.9 Å². The fourth-order valence-electron chi connectivity index (χ4n) is 2.66. The van der Waals surface area contributed by atoms with Gasteiger partial charge in [0.15, 0.2) is 5.41 Å². The monoisotopic (exact) mass is 332 g/mol. The Morgan fingerprint density at radius 1 is 1.17 bits per heavy atom. The molecule has 0 aromatic heterocycles. The predicted molar refractivity (Wildman–Crippen MR) is 84.4 cm³/mol. The molecule has 24 heavy (non-hydrogen) atoms. The second-order valence-corrected chi connectivity index (χ2v) is 5.55. The van der Waals surface area contributed by atoms with Crippen LogP contribution >= 0.6 is 0 Å².